The quantitative estimate of drug-likeness (QED) is 0.606. The summed E-state index contributed by atoms with van der Waals surface area (Å²) in [5, 5.41) is 3.38. The molecule has 2 atom stereocenters. The molecule has 0 amide bonds. The van der Waals surface area contributed by atoms with E-state index in [9.17, 15) is 13.2 Å². The summed E-state index contributed by atoms with van der Waals surface area (Å²) in [6.07, 6.45) is 1.63. The molecule has 1 N–H and O–H groups in total. The van der Waals surface area contributed by atoms with Crippen LogP contribution in [0.2, 0.25) is 0 Å². The highest BCUT2D eigenvalue weighted by Crippen LogP contribution is 2.30. The number of alkyl halides is 3. The maximum atomic E-state index is 12.7. The van der Waals surface area contributed by atoms with E-state index in [1.54, 1.807) is 6.07 Å². The van der Waals surface area contributed by atoms with Crippen LogP contribution >= 0.6 is 0 Å². The highest BCUT2D eigenvalue weighted by atomic mass is 19.4. The van der Waals surface area contributed by atoms with Crippen LogP contribution in [0.3, 0.4) is 0 Å². The van der Waals surface area contributed by atoms with E-state index in [-0.39, 0.29) is 6.04 Å². The Hall–Kier alpha value is -1.03. The van der Waals surface area contributed by atoms with Crippen LogP contribution in [0.5, 0.6) is 0 Å². The molecule has 0 radical (unpaired) electrons. The summed E-state index contributed by atoms with van der Waals surface area (Å²) in [4.78, 5) is 0. The molecule has 2 unspecified atom stereocenters. The molecule has 0 saturated carbocycles. The highest BCUT2D eigenvalue weighted by Gasteiger charge is 2.30. The molecule has 0 aliphatic rings. The van der Waals surface area contributed by atoms with Gasteiger partial charge in [-0.3, -0.25) is 0 Å². The molecular formula is C17H26F3N. The normalized spacial score (nSPS) is 15.0. The van der Waals surface area contributed by atoms with Crippen molar-refractivity contribution >= 4 is 0 Å². The van der Waals surface area contributed by atoms with Gasteiger partial charge in [0.05, 0.1) is 5.56 Å². The standard InChI is InChI=1S/C17H26F3N/c1-4-5-6-7-9-13(2)21-14(3)15-10-8-11-16(12-15)17(18,19)20/h8,10-14,21H,4-7,9H2,1-3H3. The van der Waals surface area contributed by atoms with Gasteiger partial charge in [0, 0.05) is 12.1 Å². The third-order valence-electron chi connectivity index (χ3n) is 3.74. The number of nitrogens with one attached hydrogen (secondary N) is 1. The van der Waals surface area contributed by atoms with Crippen molar-refractivity contribution in [3.8, 4) is 0 Å². The molecule has 0 aliphatic carbocycles. The average Bonchev–Trinajstić information content (AvgIpc) is 2.43. The lowest BCUT2D eigenvalue weighted by molar-refractivity contribution is -0.137. The molecule has 21 heavy (non-hydrogen) atoms. The van der Waals surface area contributed by atoms with Crippen LogP contribution in [-0.4, -0.2) is 6.04 Å². The molecule has 1 nitrogen and oxygen atoms in total. The van der Waals surface area contributed by atoms with Gasteiger partial charge in [0.15, 0.2) is 0 Å². The summed E-state index contributed by atoms with van der Waals surface area (Å²) >= 11 is 0. The third kappa shape index (κ3) is 6.51. The second-order valence-electron chi connectivity index (χ2n) is 5.76. The van der Waals surface area contributed by atoms with Crippen molar-refractivity contribution in [2.24, 2.45) is 0 Å². The van der Waals surface area contributed by atoms with Crippen LogP contribution in [0.15, 0.2) is 24.3 Å². The minimum absolute atomic E-state index is 0.0755. The minimum Gasteiger partial charge on any atom is -0.308 e. The van der Waals surface area contributed by atoms with E-state index in [0.717, 1.165) is 18.9 Å². The lowest BCUT2D eigenvalue weighted by Crippen LogP contribution is -2.29. The first-order valence-corrected chi connectivity index (χ1v) is 7.77. The van der Waals surface area contributed by atoms with Crippen LogP contribution in [-0.2, 0) is 6.18 Å². The Morgan fingerprint density at radius 1 is 1.10 bits per heavy atom. The molecule has 0 fully saturated rings. The Balaban J connectivity index is 2.53. The summed E-state index contributed by atoms with van der Waals surface area (Å²) in [5.74, 6) is 0. The van der Waals surface area contributed by atoms with Crippen molar-refractivity contribution in [3.63, 3.8) is 0 Å². The molecule has 0 aliphatic heterocycles. The lowest BCUT2D eigenvalue weighted by Gasteiger charge is -2.21. The smallest absolute Gasteiger partial charge is 0.308 e. The van der Waals surface area contributed by atoms with E-state index in [2.05, 4.69) is 19.2 Å². The van der Waals surface area contributed by atoms with Crippen LogP contribution in [0.4, 0.5) is 13.2 Å². The predicted octanol–water partition coefficient (Wildman–Crippen LogP) is 5.71. The number of rotatable bonds is 8. The Morgan fingerprint density at radius 3 is 2.43 bits per heavy atom. The zero-order chi connectivity index (χ0) is 15.9. The second-order valence-corrected chi connectivity index (χ2v) is 5.76. The molecule has 0 aromatic heterocycles. The molecule has 120 valence electrons. The Labute approximate surface area is 125 Å². The maximum absolute atomic E-state index is 12.7. The van der Waals surface area contributed by atoms with Gasteiger partial charge in [0.25, 0.3) is 0 Å². The van der Waals surface area contributed by atoms with Gasteiger partial charge in [-0.2, -0.15) is 13.2 Å². The van der Waals surface area contributed by atoms with Gasteiger partial charge < -0.3 is 5.32 Å². The first-order valence-electron chi connectivity index (χ1n) is 7.77. The van der Waals surface area contributed by atoms with Gasteiger partial charge in [0.2, 0.25) is 0 Å². The molecule has 1 aromatic rings. The molecule has 1 aromatic carbocycles. The maximum Gasteiger partial charge on any atom is 0.416 e. The number of hydrogen-bond acceptors (Lipinski definition) is 1. The van der Waals surface area contributed by atoms with Crippen molar-refractivity contribution in [1.29, 1.82) is 0 Å². The molecule has 0 bridgehead atoms. The summed E-state index contributed by atoms with van der Waals surface area (Å²) in [5.41, 5.74) is 0.106. The lowest BCUT2D eigenvalue weighted by atomic mass is 10.0. The van der Waals surface area contributed by atoms with Gasteiger partial charge >= 0.3 is 6.18 Å². The first-order chi connectivity index (χ1) is 9.84. The second kappa shape index (κ2) is 8.42. The van der Waals surface area contributed by atoms with E-state index < -0.39 is 11.7 Å². The van der Waals surface area contributed by atoms with Crippen molar-refractivity contribution < 1.29 is 13.2 Å². The molecule has 0 spiro atoms. The fourth-order valence-corrected chi connectivity index (χ4v) is 2.47. The van der Waals surface area contributed by atoms with E-state index in [0.29, 0.717) is 11.6 Å². The van der Waals surface area contributed by atoms with E-state index >= 15 is 0 Å². The molecule has 4 heteroatoms. The summed E-state index contributed by atoms with van der Waals surface area (Å²) in [6, 6.07) is 5.81. The van der Waals surface area contributed by atoms with Crippen LogP contribution in [0.1, 0.15) is 70.0 Å². The van der Waals surface area contributed by atoms with Gasteiger partial charge in [-0.15, -0.1) is 0 Å². The molecule has 0 saturated heterocycles. The Bertz CT molecular complexity index is 415. The third-order valence-corrected chi connectivity index (χ3v) is 3.74. The van der Waals surface area contributed by atoms with Crippen LogP contribution in [0, 0.1) is 0 Å². The molecule has 0 heterocycles. The van der Waals surface area contributed by atoms with Crippen molar-refractivity contribution in [2.75, 3.05) is 0 Å². The van der Waals surface area contributed by atoms with E-state index in [1.807, 2.05) is 6.92 Å². The number of benzene rings is 1. The van der Waals surface area contributed by atoms with E-state index in [4.69, 9.17) is 0 Å². The van der Waals surface area contributed by atoms with Crippen molar-refractivity contribution in [1.82, 2.24) is 5.32 Å². The summed E-state index contributed by atoms with van der Waals surface area (Å²) < 4.78 is 38.1. The van der Waals surface area contributed by atoms with Gasteiger partial charge in [0.1, 0.15) is 0 Å². The molecule has 1 rings (SSSR count). The molecular weight excluding hydrogens is 275 g/mol. The van der Waals surface area contributed by atoms with Crippen LogP contribution < -0.4 is 5.32 Å². The monoisotopic (exact) mass is 301 g/mol. The van der Waals surface area contributed by atoms with Crippen molar-refractivity contribution in [2.45, 2.75) is 71.1 Å². The van der Waals surface area contributed by atoms with Crippen molar-refractivity contribution in [3.05, 3.63) is 35.4 Å². The van der Waals surface area contributed by atoms with Gasteiger partial charge in [-0.1, -0.05) is 44.7 Å². The Morgan fingerprint density at radius 2 is 1.81 bits per heavy atom. The number of hydrogen-bond donors (Lipinski definition) is 1. The largest absolute Gasteiger partial charge is 0.416 e. The van der Waals surface area contributed by atoms with Gasteiger partial charge in [-0.05, 0) is 38.0 Å². The number of halogens is 3. The zero-order valence-electron chi connectivity index (χ0n) is 13.1. The Kier molecular flexibility index (Phi) is 7.23. The fourth-order valence-electron chi connectivity index (χ4n) is 2.47. The highest BCUT2D eigenvalue weighted by molar-refractivity contribution is 5.27. The number of unbranched alkanes of at least 4 members (excludes halogenated alkanes) is 3. The fraction of sp³-hybridized carbons (Fsp3) is 0.647. The first kappa shape index (κ1) is 18.0. The minimum atomic E-state index is -4.28. The van der Waals surface area contributed by atoms with E-state index in [1.165, 1.54) is 31.4 Å². The average molecular weight is 301 g/mol. The van der Waals surface area contributed by atoms with Gasteiger partial charge in [-0.25, -0.2) is 0 Å². The zero-order valence-corrected chi connectivity index (χ0v) is 13.1. The summed E-state index contributed by atoms with van der Waals surface area (Å²) in [6.45, 7) is 6.19. The predicted molar refractivity (Wildman–Crippen MR) is 81.2 cm³/mol. The topological polar surface area (TPSA) is 12.0 Å². The van der Waals surface area contributed by atoms with Crippen LogP contribution in [0.25, 0.3) is 0 Å². The summed E-state index contributed by atoms with van der Waals surface area (Å²) in [7, 11) is 0. The SMILES string of the molecule is CCCCCCC(C)NC(C)c1cccc(C(F)(F)F)c1.